The van der Waals surface area contributed by atoms with Gasteiger partial charge in [-0.3, -0.25) is 0 Å². The first-order valence-electron chi connectivity index (χ1n) is 8.72. The van der Waals surface area contributed by atoms with E-state index in [1.165, 1.54) is 0 Å². The average molecular weight is 483 g/mol. The second-order valence-corrected chi connectivity index (χ2v) is 6.72. The summed E-state index contributed by atoms with van der Waals surface area (Å²) in [4.78, 5) is 1.75. The van der Waals surface area contributed by atoms with Crippen molar-refractivity contribution >= 4 is 33.9 Å². The molecule has 0 aromatic heterocycles. The van der Waals surface area contributed by atoms with E-state index in [-0.39, 0.29) is 5.56 Å². The van der Waals surface area contributed by atoms with Crippen LogP contribution in [0.3, 0.4) is 0 Å². The molecule has 1 aliphatic rings. The molecule has 0 radical (unpaired) electrons. The lowest BCUT2D eigenvalue weighted by molar-refractivity contribution is 0.501. The molecule has 0 saturated heterocycles. The van der Waals surface area contributed by atoms with E-state index in [2.05, 4.69) is 29.2 Å². The van der Waals surface area contributed by atoms with Gasteiger partial charge in [0, 0.05) is 33.5 Å². The molecular formula is C22H21F3IN. The minimum absolute atomic E-state index is 0.247. The Morgan fingerprint density at radius 2 is 1.56 bits per heavy atom. The first-order valence-corrected chi connectivity index (χ1v) is 9.80. The van der Waals surface area contributed by atoms with Crippen LogP contribution >= 0.6 is 22.6 Å². The predicted octanol–water partition coefficient (Wildman–Crippen LogP) is 7.17. The topological polar surface area (TPSA) is 3.24 Å². The van der Waals surface area contributed by atoms with Gasteiger partial charge < -0.3 is 4.90 Å². The summed E-state index contributed by atoms with van der Waals surface area (Å²) in [5.74, 6) is -2.81. The first-order chi connectivity index (χ1) is 12.9. The molecule has 1 heterocycles. The number of likely N-dealkylation sites (N-methyl/N-ethyl adjacent to an activating group) is 1. The van der Waals surface area contributed by atoms with Crippen LogP contribution in [0.5, 0.6) is 0 Å². The number of allylic oxidation sites excluding steroid dienone is 3. The molecule has 0 aliphatic carbocycles. The normalized spacial score (nSPS) is 14.0. The maximum Gasteiger partial charge on any atom is 0.138 e. The van der Waals surface area contributed by atoms with Crippen LogP contribution in [0, 0.1) is 17.5 Å². The van der Waals surface area contributed by atoms with Gasteiger partial charge in [0.1, 0.15) is 17.5 Å². The monoisotopic (exact) mass is 483 g/mol. The standard InChI is InChI=1S/C20H15F3IN.C2H6/c1-3-25-12(2)18(24)11-15(13-7-5-4-6-8-13)20(25)19-16(22)9-14(21)10-17(19)23;1-2/h4-11H,2-3H2,1H3;1-2H3. The van der Waals surface area contributed by atoms with Gasteiger partial charge in [-0.1, -0.05) is 50.8 Å². The summed E-state index contributed by atoms with van der Waals surface area (Å²) in [6, 6.07) is 10.7. The Morgan fingerprint density at radius 3 is 2.07 bits per heavy atom. The number of rotatable bonds is 3. The summed E-state index contributed by atoms with van der Waals surface area (Å²) in [5, 5.41) is 0. The molecule has 0 unspecified atom stereocenters. The van der Waals surface area contributed by atoms with Crippen LogP contribution in [0.4, 0.5) is 13.2 Å². The highest BCUT2D eigenvalue weighted by atomic mass is 127. The molecule has 0 saturated carbocycles. The van der Waals surface area contributed by atoms with Gasteiger partial charge in [0.25, 0.3) is 0 Å². The SMILES string of the molecule is C=C1C(I)=CC(c2ccccc2)=C(c2c(F)cc(F)cc2F)N1CC.CC. The lowest BCUT2D eigenvalue weighted by Gasteiger charge is -2.34. The molecule has 5 heteroatoms. The van der Waals surface area contributed by atoms with Crippen molar-refractivity contribution in [3.63, 3.8) is 0 Å². The van der Waals surface area contributed by atoms with Crippen molar-refractivity contribution in [1.82, 2.24) is 4.90 Å². The maximum atomic E-state index is 14.5. The summed E-state index contributed by atoms with van der Waals surface area (Å²) in [7, 11) is 0. The molecular weight excluding hydrogens is 462 g/mol. The van der Waals surface area contributed by atoms with E-state index in [1.807, 2.05) is 57.2 Å². The molecule has 27 heavy (non-hydrogen) atoms. The fourth-order valence-corrected chi connectivity index (χ4v) is 3.52. The fourth-order valence-electron chi connectivity index (χ4n) is 2.91. The van der Waals surface area contributed by atoms with Crippen molar-refractivity contribution in [1.29, 1.82) is 0 Å². The molecule has 0 atom stereocenters. The zero-order chi connectivity index (χ0) is 20.1. The van der Waals surface area contributed by atoms with Crippen LogP contribution in [0.25, 0.3) is 11.3 Å². The van der Waals surface area contributed by atoms with Gasteiger partial charge in [-0.05, 0) is 41.2 Å². The van der Waals surface area contributed by atoms with Gasteiger partial charge in [-0.25, -0.2) is 13.2 Å². The Balaban J connectivity index is 0.00000126. The Kier molecular flexibility index (Phi) is 7.30. The van der Waals surface area contributed by atoms with Crippen LogP contribution < -0.4 is 0 Å². The summed E-state index contributed by atoms with van der Waals surface area (Å²) in [5.41, 5.74) is 2.25. The molecule has 3 rings (SSSR count). The van der Waals surface area contributed by atoms with Gasteiger partial charge in [-0.2, -0.15) is 0 Å². The van der Waals surface area contributed by atoms with Crippen molar-refractivity contribution in [3.05, 3.63) is 93.0 Å². The van der Waals surface area contributed by atoms with Gasteiger partial charge in [0.2, 0.25) is 0 Å². The van der Waals surface area contributed by atoms with Crippen molar-refractivity contribution in [3.8, 4) is 0 Å². The van der Waals surface area contributed by atoms with E-state index in [9.17, 15) is 13.2 Å². The fraction of sp³-hybridized carbons (Fsp3) is 0.182. The summed E-state index contributed by atoms with van der Waals surface area (Å²) >= 11 is 2.15. The number of halogens is 4. The molecule has 142 valence electrons. The van der Waals surface area contributed by atoms with E-state index in [4.69, 9.17) is 0 Å². The van der Waals surface area contributed by atoms with Gasteiger partial charge in [-0.15, -0.1) is 0 Å². The van der Waals surface area contributed by atoms with E-state index in [0.29, 0.717) is 35.6 Å². The highest BCUT2D eigenvalue weighted by molar-refractivity contribution is 14.1. The minimum atomic E-state index is -0.941. The third-order valence-electron chi connectivity index (χ3n) is 4.04. The number of nitrogens with zero attached hydrogens (tertiary/aromatic N) is 1. The number of hydrogen-bond acceptors (Lipinski definition) is 1. The average Bonchev–Trinajstić information content (AvgIpc) is 2.66. The van der Waals surface area contributed by atoms with Crippen molar-refractivity contribution in [2.24, 2.45) is 0 Å². The lowest BCUT2D eigenvalue weighted by Crippen LogP contribution is -2.25. The smallest absolute Gasteiger partial charge is 0.138 e. The lowest BCUT2D eigenvalue weighted by atomic mass is 9.94. The van der Waals surface area contributed by atoms with Gasteiger partial charge >= 0.3 is 0 Å². The van der Waals surface area contributed by atoms with Gasteiger partial charge in [0.05, 0.1) is 11.3 Å². The quantitative estimate of drug-likeness (QED) is 0.419. The Labute approximate surface area is 172 Å². The first kappa shape index (κ1) is 21.3. The Hall–Kier alpha value is -2.02. The van der Waals surface area contributed by atoms with Crippen molar-refractivity contribution in [2.75, 3.05) is 6.54 Å². The van der Waals surface area contributed by atoms with Crippen molar-refractivity contribution in [2.45, 2.75) is 20.8 Å². The molecule has 0 fully saturated rings. The Morgan fingerprint density at radius 1 is 1.00 bits per heavy atom. The molecule has 0 spiro atoms. The van der Waals surface area contributed by atoms with Crippen molar-refractivity contribution < 1.29 is 13.2 Å². The minimum Gasteiger partial charge on any atom is -0.340 e. The van der Waals surface area contributed by atoms with Crippen LogP contribution in [-0.2, 0) is 0 Å². The second kappa shape index (κ2) is 9.26. The summed E-state index contributed by atoms with van der Waals surface area (Å²) in [6.07, 6.45) is 1.85. The van der Waals surface area contributed by atoms with Crippen LogP contribution in [0.1, 0.15) is 31.9 Å². The number of hydrogen-bond donors (Lipinski definition) is 0. The molecule has 0 N–H and O–H groups in total. The predicted molar refractivity (Wildman–Crippen MR) is 115 cm³/mol. The van der Waals surface area contributed by atoms with E-state index < -0.39 is 17.5 Å². The zero-order valence-electron chi connectivity index (χ0n) is 15.5. The highest BCUT2D eigenvalue weighted by Crippen LogP contribution is 2.42. The van der Waals surface area contributed by atoms with E-state index in [0.717, 1.165) is 9.14 Å². The zero-order valence-corrected chi connectivity index (χ0v) is 17.6. The molecule has 0 bridgehead atoms. The third kappa shape index (κ3) is 4.29. The molecule has 1 aliphatic heterocycles. The van der Waals surface area contributed by atoms with Crippen LogP contribution in [0.15, 0.2) is 64.4 Å². The summed E-state index contributed by atoms with van der Waals surface area (Å²) < 4.78 is 43.3. The summed E-state index contributed by atoms with van der Waals surface area (Å²) in [6.45, 7) is 10.4. The second-order valence-electron chi connectivity index (χ2n) is 5.56. The highest BCUT2D eigenvalue weighted by Gasteiger charge is 2.28. The molecule has 0 amide bonds. The Bertz CT molecular complexity index is 878. The van der Waals surface area contributed by atoms with Crippen LogP contribution in [0.2, 0.25) is 0 Å². The van der Waals surface area contributed by atoms with Gasteiger partial charge in [0.15, 0.2) is 0 Å². The largest absolute Gasteiger partial charge is 0.340 e. The van der Waals surface area contributed by atoms with E-state index in [1.54, 1.807) is 4.90 Å². The third-order valence-corrected chi connectivity index (χ3v) is 4.98. The number of benzene rings is 2. The van der Waals surface area contributed by atoms with Crippen LogP contribution in [-0.4, -0.2) is 11.4 Å². The van der Waals surface area contributed by atoms with E-state index >= 15 is 0 Å². The molecule has 2 aromatic rings. The molecule has 1 nitrogen and oxygen atoms in total. The maximum absolute atomic E-state index is 14.5. The molecule has 2 aromatic carbocycles.